The number of carbonyl (C=O) groups is 4. The van der Waals surface area contributed by atoms with Gasteiger partial charge in [0.2, 0.25) is 17.7 Å². The van der Waals surface area contributed by atoms with Crippen molar-refractivity contribution in [2.45, 2.75) is 56.5 Å². The lowest BCUT2D eigenvalue weighted by molar-refractivity contribution is -0.145. The first-order valence-electron chi connectivity index (χ1n) is 9.31. The second-order valence-electron chi connectivity index (χ2n) is 6.89. The van der Waals surface area contributed by atoms with Crippen molar-refractivity contribution in [2.24, 2.45) is 5.73 Å². The molecule has 0 radical (unpaired) electrons. The number of nitrogens with two attached hydrogens (primary N) is 1. The van der Waals surface area contributed by atoms with Crippen LogP contribution < -0.4 is 16.4 Å². The first-order chi connectivity index (χ1) is 13.6. The summed E-state index contributed by atoms with van der Waals surface area (Å²) < 4.78 is 0. The zero-order valence-corrected chi connectivity index (χ0v) is 18.2. The van der Waals surface area contributed by atoms with Gasteiger partial charge in [-0.3, -0.25) is 14.4 Å². The fourth-order valence-electron chi connectivity index (χ4n) is 3.01. The molecule has 1 aliphatic rings. The Morgan fingerprint density at radius 1 is 1.31 bits per heavy atom. The quantitative estimate of drug-likeness (QED) is 0.206. The maximum atomic E-state index is 12.8. The van der Waals surface area contributed by atoms with E-state index < -0.39 is 48.1 Å². The van der Waals surface area contributed by atoms with Crippen LogP contribution in [0.15, 0.2) is 0 Å². The molecule has 1 saturated heterocycles. The summed E-state index contributed by atoms with van der Waals surface area (Å²) in [5, 5.41) is 23.6. The van der Waals surface area contributed by atoms with Gasteiger partial charge in [-0.05, 0) is 38.2 Å². The van der Waals surface area contributed by atoms with E-state index in [0.29, 0.717) is 25.1 Å². The molecule has 0 aromatic rings. The van der Waals surface area contributed by atoms with Crippen LogP contribution in [0.5, 0.6) is 0 Å². The first kappa shape index (κ1) is 25.5. The minimum Gasteiger partial charge on any atom is -0.480 e. The highest BCUT2D eigenvalue weighted by Crippen LogP contribution is 2.19. The van der Waals surface area contributed by atoms with Crippen LogP contribution in [0.1, 0.15) is 26.2 Å². The predicted octanol–water partition coefficient (Wildman–Crippen LogP) is -1.58. The van der Waals surface area contributed by atoms with Gasteiger partial charge in [0, 0.05) is 12.3 Å². The number of hydrogen-bond donors (Lipinski definition) is 6. The van der Waals surface area contributed by atoms with E-state index in [2.05, 4.69) is 23.3 Å². The summed E-state index contributed by atoms with van der Waals surface area (Å²) in [5.74, 6) is -2.25. The summed E-state index contributed by atoms with van der Waals surface area (Å²) in [5.41, 5.74) is 5.74. The predicted molar refractivity (Wildman–Crippen MR) is 113 cm³/mol. The van der Waals surface area contributed by atoms with Crippen LogP contribution in [-0.2, 0) is 19.2 Å². The molecular weight excluding hydrogens is 420 g/mol. The van der Waals surface area contributed by atoms with Crippen molar-refractivity contribution in [1.29, 1.82) is 0 Å². The average Bonchev–Trinajstić information content (AvgIpc) is 3.16. The van der Waals surface area contributed by atoms with Crippen molar-refractivity contribution in [3.8, 4) is 0 Å². The van der Waals surface area contributed by atoms with Crippen LogP contribution >= 0.6 is 24.4 Å². The molecule has 1 rings (SSSR count). The molecular formula is C17H30N4O6S2. The molecule has 6 N–H and O–H groups in total. The SMILES string of the molecule is CSCCC(NC(=O)C1CCCN1C(=O)C(N)CS)C(=O)NC(C(=O)O)C(C)O. The summed E-state index contributed by atoms with van der Waals surface area (Å²) in [4.78, 5) is 50.4. The number of amides is 3. The van der Waals surface area contributed by atoms with E-state index in [4.69, 9.17) is 10.8 Å². The largest absolute Gasteiger partial charge is 0.480 e. The monoisotopic (exact) mass is 450 g/mol. The minimum atomic E-state index is -1.49. The molecule has 5 atom stereocenters. The third-order valence-corrected chi connectivity index (χ3v) is 5.68. The molecule has 0 aromatic carbocycles. The Labute approximate surface area is 179 Å². The fourth-order valence-corrected chi connectivity index (χ4v) is 3.64. The molecule has 1 fully saturated rings. The van der Waals surface area contributed by atoms with Crippen molar-refractivity contribution in [3.63, 3.8) is 0 Å². The van der Waals surface area contributed by atoms with Crippen LogP contribution in [0.25, 0.3) is 0 Å². The van der Waals surface area contributed by atoms with Crippen molar-refractivity contribution in [3.05, 3.63) is 0 Å². The minimum absolute atomic E-state index is 0.151. The number of thioether (sulfide) groups is 1. The fraction of sp³-hybridized carbons (Fsp3) is 0.765. The zero-order valence-electron chi connectivity index (χ0n) is 16.5. The normalized spacial score (nSPS) is 20.4. The summed E-state index contributed by atoms with van der Waals surface area (Å²) in [6.07, 6.45) is 1.87. The number of hydrogen-bond acceptors (Lipinski definition) is 8. The molecule has 1 heterocycles. The second kappa shape index (κ2) is 12.3. The molecule has 0 spiro atoms. The molecule has 0 bridgehead atoms. The van der Waals surface area contributed by atoms with Crippen molar-refractivity contribution < 1.29 is 29.4 Å². The van der Waals surface area contributed by atoms with Gasteiger partial charge in [-0.2, -0.15) is 24.4 Å². The van der Waals surface area contributed by atoms with E-state index >= 15 is 0 Å². The van der Waals surface area contributed by atoms with Gasteiger partial charge in [-0.1, -0.05) is 0 Å². The third kappa shape index (κ3) is 7.36. The number of aliphatic hydroxyl groups is 1. The molecule has 29 heavy (non-hydrogen) atoms. The topological polar surface area (TPSA) is 162 Å². The lowest BCUT2D eigenvalue weighted by atomic mass is 10.1. The van der Waals surface area contributed by atoms with Crippen LogP contribution in [0.2, 0.25) is 0 Å². The Bertz CT molecular complexity index is 606. The average molecular weight is 451 g/mol. The molecule has 5 unspecified atom stereocenters. The Balaban J connectivity index is 2.88. The number of thiol groups is 1. The van der Waals surface area contributed by atoms with Gasteiger partial charge in [0.15, 0.2) is 6.04 Å². The van der Waals surface area contributed by atoms with Gasteiger partial charge < -0.3 is 31.5 Å². The Hall–Kier alpha value is -1.50. The van der Waals surface area contributed by atoms with E-state index in [1.165, 1.54) is 23.6 Å². The lowest BCUT2D eigenvalue weighted by Crippen LogP contribution is -2.58. The van der Waals surface area contributed by atoms with Crippen LogP contribution in [-0.4, -0.2) is 93.4 Å². The Morgan fingerprint density at radius 3 is 2.48 bits per heavy atom. The van der Waals surface area contributed by atoms with Crippen LogP contribution in [0.3, 0.4) is 0 Å². The Kier molecular flexibility index (Phi) is 10.8. The number of carbonyl (C=O) groups excluding carboxylic acids is 3. The maximum Gasteiger partial charge on any atom is 0.328 e. The summed E-state index contributed by atoms with van der Waals surface area (Å²) in [6, 6.07) is -4.05. The van der Waals surface area contributed by atoms with Gasteiger partial charge in [0.1, 0.15) is 12.1 Å². The highest BCUT2D eigenvalue weighted by atomic mass is 32.2. The number of aliphatic carboxylic acids is 1. The Morgan fingerprint density at radius 2 is 1.97 bits per heavy atom. The molecule has 3 amide bonds. The number of nitrogens with one attached hydrogen (secondary N) is 2. The van der Waals surface area contributed by atoms with E-state index in [1.54, 1.807) is 0 Å². The zero-order chi connectivity index (χ0) is 22.1. The highest BCUT2D eigenvalue weighted by Gasteiger charge is 2.37. The van der Waals surface area contributed by atoms with E-state index in [1.807, 2.05) is 6.26 Å². The summed E-state index contributed by atoms with van der Waals surface area (Å²) >= 11 is 5.48. The number of aliphatic hydroxyl groups excluding tert-OH is 1. The molecule has 0 saturated carbocycles. The van der Waals surface area contributed by atoms with E-state index in [0.717, 1.165) is 0 Å². The summed E-state index contributed by atoms with van der Waals surface area (Å²) in [7, 11) is 0. The molecule has 12 heteroatoms. The number of rotatable bonds is 11. The first-order valence-corrected chi connectivity index (χ1v) is 11.3. The number of carboxylic acids is 1. The smallest absolute Gasteiger partial charge is 0.328 e. The van der Waals surface area contributed by atoms with Gasteiger partial charge in [0.05, 0.1) is 12.1 Å². The van der Waals surface area contributed by atoms with Gasteiger partial charge in [-0.25, -0.2) is 4.79 Å². The maximum absolute atomic E-state index is 12.8. The van der Waals surface area contributed by atoms with Crippen LogP contribution in [0.4, 0.5) is 0 Å². The third-order valence-electron chi connectivity index (χ3n) is 4.64. The molecule has 0 aliphatic carbocycles. The van der Waals surface area contributed by atoms with Crippen molar-refractivity contribution >= 4 is 48.1 Å². The van der Waals surface area contributed by atoms with Crippen molar-refractivity contribution in [2.75, 3.05) is 24.3 Å². The van der Waals surface area contributed by atoms with Gasteiger partial charge >= 0.3 is 5.97 Å². The molecule has 0 aromatic heterocycles. The molecule has 1 aliphatic heterocycles. The van der Waals surface area contributed by atoms with E-state index in [-0.39, 0.29) is 18.1 Å². The number of carboxylic acid groups (broad SMARTS) is 1. The standard InChI is InChI=1S/C17H30N4O6S2/c1-9(22)13(17(26)27)20-14(23)11(5-7-29-2)19-15(24)12-4-3-6-21(12)16(25)10(18)8-28/h9-13,22,28H,3-8,18H2,1-2H3,(H,19,24)(H,20,23)(H,26,27). The van der Waals surface area contributed by atoms with Gasteiger partial charge in [-0.15, -0.1) is 0 Å². The number of nitrogens with zero attached hydrogens (tertiary/aromatic N) is 1. The number of likely N-dealkylation sites (tertiary alicyclic amines) is 1. The van der Waals surface area contributed by atoms with Crippen LogP contribution in [0, 0.1) is 0 Å². The lowest BCUT2D eigenvalue weighted by Gasteiger charge is -2.28. The second-order valence-corrected chi connectivity index (χ2v) is 8.24. The van der Waals surface area contributed by atoms with Gasteiger partial charge in [0.25, 0.3) is 0 Å². The summed E-state index contributed by atoms with van der Waals surface area (Å²) in [6.45, 7) is 1.64. The van der Waals surface area contributed by atoms with E-state index in [9.17, 15) is 24.3 Å². The van der Waals surface area contributed by atoms with Crippen molar-refractivity contribution in [1.82, 2.24) is 15.5 Å². The highest BCUT2D eigenvalue weighted by molar-refractivity contribution is 7.98. The molecule has 10 nitrogen and oxygen atoms in total. The molecule has 166 valence electrons.